The minimum absolute atomic E-state index is 0.0229. The number of ether oxygens (including phenoxy) is 1. The SMILES string of the molecule is CC1(O)CCC(O)(c2ncc(-c3ccc4nc5n(c4c3)C3CC5NC(=O)c4cccc(OC(F)F)c43)cn2)CC1. The normalized spacial score (nSPS) is 27.3. The Hall–Kier alpha value is -3.96. The minimum Gasteiger partial charge on any atom is -0.434 e. The molecule has 11 heteroatoms. The first kappa shape index (κ1) is 25.0. The molecule has 3 aliphatic rings. The number of nitrogens with zero attached hydrogens (tertiary/aromatic N) is 4. The van der Waals surface area contributed by atoms with Crippen molar-refractivity contribution in [3.05, 3.63) is 71.6 Å². The highest BCUT2D eigenvalue weighted by molar-refractivity contribution is 5.98. The fourth-order valence-corrected chi connectivity index (χ4v) is 6.33. The number of amides is 1. The van der Waals surface area contributed by atoms with Crippen molar-refractivity contribution in [2.45, 2.75) is 68.9 Å². The number of rotatable bonds is 4. The molecule has 2 aromatic heterocycles. The van der Waals surface area contributed by atoms with Gasteiger partial charge in [-0.3, -0.25) is 4.79 Å². The van der Waals surface area contributed by atoms with E-state index >= 15 is 0 Å². The van der Waals surface area contributed by atoms with Crippen LogP contribution in [-0.4, -0.2) is 47.9 Å². The summed E-state index contributed by atoms with van der Waals surface area (Å²) < 4.78 is 33.4. The van der Waals surface area contributed by atoms with Gasteiger partial charge in [-0.15, -0.1) is 0 Å². The Bertz CT molecular complexity index is 1640. The van der Waals surface area contributed by atoms with Crippen LogP contribution in [0.3, 0.4) is 0 Å². The first-order valence-corrected chi connectivity index (χ1v) is 13.3. The molecule has 206 valence electrons. The maximum Gasteiger partial charge on any atom is 0.387 e. The number of carbonyl (C=O) groups is 1. The maximum absolute atomic E-state index is 13.3. The molecule has 2 unspecified atom stereocenters. The summed E-state index contributed by atoms with van der Waals surface area (Å²) in [7, 11) is 0. The molecule has 7 rings (SSSR count). The van der Waals surface area contributed by atoms with Gasteiger partial charge in [-0.05, 0) is 68.9 Å². The monoisotopic (exact) mass is 547 g/mol. The third-order valence-corrected chi connectivity index (χ3v) is 8.52. The number of benzene rings is 2. The summed E-state index contributed by atoms with van der Waals surface area (Å²) >= 11 is 0. The van der Waals surface area contributed by atoms with E-state index < -0.39 is 23.9 Å². The van der Waals surface area contributed by atoms with E-state index in [0.717, 1.165) is 16.6 Å². The molecule has 0 saturated heterocycles. The second-order valence-corrected chi connectivity index (χ2v) is 11.2. The van der Waals surface area contributed by atoms with Crippen molar-refractivity contribution in [1.29, 1.82) is 0 Å². The molecule has 1 fully saturated rings. The highest BCUT2D eigenvalue weighted by Gasteiger charge is 2.43. The second kappa shape index (κ2) is 8.77. The highest BCUT2D eigenvalue weighted by Crippen LogP contribution is 2.48. The zero-order valence-electron chi connectivity index (χ0n) is 21.6. The van der Waals surface area contributed by atoms with Gasteiger partial charge in [0.1, 0.15) is 17.2 Å². The molecule has 1 amide bonds. The summed E-state index contributed by atoms with van der Waals surface area (Å²) in [5.74, 6) is 0.624. The lowest BCUT2D eigenvalue weighted by Gasteiger charge is -2.38. The van der Waals surface area contributed by atoms with E-state index in [1.54, 1.807) is 25.4 Å². The lowest BCUT2D eigenvalue weighted by Crippen LogP contribution is -2.40. The molecule has 3 N–H and O–H groups in total. The van der Waals surface area contributed by atoms with E-state index in [2.05, 4.69) is 15.3 Å². The predicted molar refractivity (Wildman–Crippen MR) is 140 cm³/mol. The first-order valence-electron chi connectivity index (χ1n) is 13.3. The maximum atomic E-state index is 13.3. The number of fused-ring (bicyclic) bond motifs is 9. The average molecular weight is 548 g/mol. The third-order valence-electron chi connectivity index (χ3n) is 8.52. The van der Waals surface area contributed by atoms with E-state index in [-0.39, 0.29) is 17.7 Å². The van der Waals surface area contributed by atoms with Crippen LogP contribution >= 0.6 is 0 Å². The van der Waals surface area contributed by atoms with Crippen LogP contribution in [0, 0.1) is 0 Å². The van der Waals surface area contributed by atoms with Crippen LogP contribution in [0.1, 0.15) is 78.7 Å². The molecule has 2 aromatic carbocycles. The molecule has 1 aliphatic carbocycles. The Labute approximate surface area is 227 Å². The zero-order chi connectivity index (χ0) is 27.8. The number of aliphatic hydroxyl groups is 2. The van der Waals surface area contributed by atoms with E-state index in [1.165, 1.54) is 12.1 Å². The van der Waals surface area contributed by atoms with E-state index in [4.69, 9.17) is 9.72 Å². The summed E-state index contributed by atoms with van der Waals surface area (Å²) in [6.07, 6.45) is 5.50. The van der Waals surface area contributed by atoms with Gasteiger partial charge in [-0.2, -0.15) is 8.78 Å². The fourth-order valence-electron chi connectivity index (χ4n) is 6.33. The molecule has 40 heavy (non-hydrogen) atoms. The van der Waals surface area contributed by atoms with Crippen LogP contribution in [-0.2, 0) is 5.60 Å². The number of hydrogen-bond acceptors (Lipinski definition) is 7. The number of halogens is 2. The van der Waals surface area contributed by atoms with Crippen molar-refractivity contribution >= 4 is 16.9 Å². The zero-order valence-corrected chi connectivity index (χ0v) is 21.6. The smallest absolute Gasteiger partial charge is 0.387 e. The molecule has 2 bridgehead atoms. The van der Waals surface area contributed by atoms with Crippen molar-refractivity contribution < 1.29 is 28.5 Å². The number of hydrogen-bond donors (Lipinski definition) is 3. The van der Waals surface area contributed by atoms with Crippen LogP contribution in [0.15, 0.2) is 48.8 Å². The van der Waals surface area contributed by atoms with Gasteiger partial charge < -0.3 is 24.8 Å². The standard InChI is InChI=1S/C29H27F2N5O4/c1-28(38)7-9-29(39,10-8-28)26-32-13-16(14-33-26)15-5-6-18-20(11-15)36-21-12-19(24(36)34-18)35-25(37)17-3-2-4-22(23(17)21)40-27(30)31/h2-6,11,13-14,19,21,27,38-39H,7-10,12H2,1H3,(H,35,37). The Morgan fingerprint density at radius 2 is 1.82 bits per heavy atom. The fraction of sp³-hybridized carbons (Fsp3) is 0.379. The molecule has 0 radical (unpaired) electrons. The number of carbonyl (C=O) groups excluding carboxylic acids is 1. The summed E-state index contributed by atoms with van der Waals surface area (Å²) in [6.45, 7) is -1.25. The molecule has 0 spiro atoms. The molecular formula is C29H27F2N5O4. The highest BCUT2D eigenvalue weighted by atomic mass is 19.3. The van der Waals surface area contributed by atoms with Gasteiger partial charge in [-0.25, -0.2) is 15.0 Å². The summed E-state index contributed by atoms with van der Waals surface area (Å²) in [5.41, 5.74) is 1.80. The Morgan fingerprint density at radius 1 is 1.07 bits per heavy atom. The van der Waals surface area contributed by atoms with E-state index in [9.17, 15) is 23.8 Å². The summed E-state index contributed by atoms with van der Waals surface area (Å²) in [4.78, 5) is 26.7. The largest absolute Gasteiger partial charge is 0.434 e. The van der Waals surface area contributed by atoms with Gasteiger partial charge in [0.25, 0.3) is 5.91 Å². The molecule has 4 aromatic rings. The van der Waals surface area contributed by atoms with Gasteiger partial charge in [-0.1, -0.05) is 12.1 Å². The number of aromatic nitrogens is 4. The topological polar surface area (TPSA) is 122 Å². The number of nitrogens with one attached hydrogen (secondary N) is 1. The van der Waals surface area contributed by atoms with Crippen LogP contribution in [0.2, 0.25) is 0 Å². The predicted octanol–water partition coefficient (Wildman–Crippen LogP) is 4.38. The van der Waals surface area contributed by atoms with Crippen molar-refractivity contribution in [2.24, 2.45) is 0 Å². The quantitative estimate of drug-likeness (QED) is 0.347. The summed E-state index contributed by atoms with van der Waals surface area (Å²) in [6, 6.07) is 9.53. The molecule has 2 atom stereocenters. The third kappa shape index (κ3) is 3.95. The lowest BCUT2D eigenvalue weighted by molar-refractivity contribution is -0.0802. The molecule has 4 heterocycles. The minimum atomic E-state index is -3.02. The van der Waals surface area contributed by atoms with Gasteiger partial charge in [0.05, 0.1) is 28.7 Å². The second-order valence-electron chi connectivity index (χ2n) is 11.2. The van der Waals surface area contributed by atoms with Gasteiger partial charge in [0, 0.05) is 29.1 Å². The van der Waals surface area contributed by atoms with Gasteiger partial charge >= 0.3 is 6.61 Å². The molecule has 1 saturated carbocycles. The first-order chi connectivity index (χ1) is 19.1. The van der Waals surface area contributed by atoms with Gasteiger partial charge in [0.2, 0.25) is 0 Å². The van der Waals surface area contributed by atoms with Crippen molar-refractivity contribution in [3.63, 3.8) is 0 Å². The van der Waals surface area contributed by atoms with Crippen LogP contribution in [0.5, 0.6) is 5.75 Å². The van der Waals surface area contributed by atoms with Crippen molar-refractivity contribution in [2.75, 3.05) is 0 Å². The van der Waals surface area contributed by atoms with Crippen LogP contribution in [0.25, 0.3) is 22.2 Å². The molecular weight excluding hydrogens is 520 g/mol. The number of imidazole rings is 1. The Kier molecular flexibility index (Phi) is 5.49. The Balaban J connectivity index is 1.28. The van der Waals surface area contributed by atoms with Gasteiger partial charge in [0.15, 0.2) is 5.82 Å². The summed E-state index contributed by atoms with van der Waals surface area (Å²) in [5, 5.41) is 24.4. The molecule has 9 nitrogen and oxygen atoms in total. The number of alkyl halides is 2. The van der Waals surface area contributed by atoms with Crippen LogP contribution in [0.4, 0.5) is 8.78 Å². The van der Waals surface area contributed by atoms with E-state index in [1.807, 2.05) is 22.8 Å². The average Bonchev–Trinajstić information content (AvgIpc) is 3.42. The lowest BCUT2D eigenvalue weighted by atomic mass is 9.76. The van der Waals surface area contributed by atoms with Crippen LogP contribution < -0.4 is 10.1 Å². The van der Waals surface area contributed by atoms with E-state index in [0.29, 0.717) is 60.4 Å². The molecule has 2 aliphatic heterocycles. The Morgan fingerprint density at radius 3 is 2.55 bits per heavy atom. The van der Waals surface area contributed by atoms with Crippen molar-refractivity contribution in [3.8, 4) is 16.9 Å². The van der Waals surface area contributed by atoms with Crippen molar-refractivity contribution in [1.82, 2.24) is 24.8 Å².